The van der Waals surface area contributed by atoms with Crippen LogP contribution in [0.3, 0.4) is 0 Å². The van der Waals surface area contributed by atoms with E-state index in [4.69, 9.17) is 11.6 Å². The molecule has 0 atom stereocenters. The van der Waals surface area contributed by atoms with Crippen LogP contribution >= 0.6 is 11.6 Å². The van der Waals surface area contributed by atoms with Gasteiger partial charge in [0, 0.05) is 18.5 Å². The van der Waals surface area contributed by atoms with Gasteiger partial charge in [-0.05, 0) is 35.7 Å². The molecule has 0 bridgehead atoms. The average Bonchev–Trinajstić information content (AvgIpc) is 2.94. The fourth-order valence-electron chi connectivity index (χ4n) is 2.87. The Morgan fingerprint density at radius 1 is 1.17 bits per heavy atom. The lowest BCUT2D eigenvalue weighted by Crippen LogP contribution is -2.31. The van der Waals surface area contributed by atoms with Gasteiger partial charge >= 0.3 is 0 Å². The number of hydrogen-bond donors (Lipinski definition) is 1. The third-order valence-electron chi connectivity index (χ3n) is 3.87. The Kier molecular flexibility index (Phi) is 4.35. The van der Waals surface area contributed by atoms with Crippen molar-refractivity contribution in [1.82, 2.24) is 0 Å². The van der Waals surface area contributed by atoms with E-state index in [-0.39, 0.29) is 11.8 Å². The summed E-state index contributed by atoms with van der Waals surface area (Å²) in [6.45, 7) is 2.10. The van der Waals surface area contributed by atoms with Gasteiger partial charge in [-0.25, -0.2) is 0 Å². The summed E-state index contributed by atoms with van der Waals surface area (Å²) < 4.78 is 0. The molecule has 5 heteroatoms. The van der Waals surface area contributed by atoms with E-state index in [1.807, 2.05) is 30.3 Å². The predicted molar refractivity (Wildman–Crippen MR) is 92.0 cm³/mol. The van der Waals surface area contributed by atoms with Crippen LogP contribution in [0.4, 0.5) is 11.4 Å². The van der Waals surface area contributed by atoms with Crippen molar-refractivity contribution in [2.45, 2.75) is 19.8 Å². The van der Waals surface area contributed by atoms with Crippen LogP contribution in [-0.2, 0) is 22.4 Å². The van der Waals surface area contributed by atoms with Crippen LogP contribution in [0.25, 0.3) is 0 Å². The van der Waals surface area contributed by atoms with E-state index in [2.05, 4.69) is 5.32 Å². The molecule has 1 aliphatic rings. The lowest BCUT2D eigenvalue weighted by molar-refractivity contribution is -0.118. The van der Waals surface area contributed by atoms with Crippen LogP contribution in [0.1, 0.15) is 18.1 Å². The van der Waals surface area contributed by atoms with E-state index >= 15 is 0 Å². The van der Waals surface area contributed by atoms with Gasteiger partial charge in [0.15, 0.2) is 0 Å². The summed E-state index contributed by atoms with van der Waals surface area (Å²) in [7, 11) is 0. The quantitative estimate of drug-likeness (QED) is 0.938. The molecule has 2 amide bonds. The van der Waals surface area contributed by atoms with Gasteiger partial charge in [-0.2, -0.15) is 0 Å². The van der Waals surface area contributed by atoms with Gasteiger partial charge < -0.3 is 10.2 Å². The van der Waals surface area contributed by atoms with Gasteiger partial charge in [-0.1, -0.05) is 35.9 Å². The van der Waals surface area contributed by atoms with Crippen LogP contribution in [0.15, 0.2) is 42.5 Å². The molecule has 1 N–H and O–H groups in total. The standard InChI is InChI=1S/C18H17ClN2O2/c1-12(22)20-16-4-2-3-14-9-10-21(18(14)16)17(23)11-13-5-7-15(19)8-6-13/h2-8H,9-11H2,1H3,(H,20,22). The highest BCUT2D eigenvalue weighted by molar-refractivity contribution is 6.30. The molecule has 0 radical (unpaired) electrons. The zero-order chi connectivity index (χ0) is 16.4. The zero-order valence-corrected chi connectivity index (χ0v) is 13.6. The Morgan fingerprint density at radius 2 is 1.91 bits per heavy atom. The molecule has 4 nitrogen and oxygen atoms in total. The molecule has 1 aliphatic heterocycles. The topological polar surface area (TPSA) is 49.4 Å². The lowest BCUT2D eigenvalue weighted by atomic mass is 10.1. The Labute approximate surface area is 140 Å². The van der Waals surface area contributed by atoms with Gasteiger partial charge in [0.1, 0.15) is 0 Å². The van der Waals surface area contributed by atoms with E-state index in [9.17, 15) is 9.59 Å². The Morgan fingerprint density at radius 3 is 2.61 bits per heavy atom. The van der Waals surface area contributed by atoms with Crippen molar-refractivity contribution in [1.29, 1.82) is 0 Å². The van der Waals surface area contributed by atoms with Crippen LogP contribution in [0, 0.1) is 0 Å². The number of carbonyl (C=O) groups excluding carboxylic acids is 2. The van der Waals surface area contributed by atoms with Crippen molar-refractivity contribution >= 4 is 34.8 Å². The summed E-state index contributed by atoms with van der Waals surface area (Å²) >= 11 is 5.88. The highest BCUT2D eigenvalue weighted by Crippen LogP contribution is 2.36. The maximum atomic E-state index is 12.7. The third-order valence-corrected chi connectivity index (χ3v) is 4.13. The number of rotatable bonds is 3. The fraction of sp³-hybridized carbons (Fsp3) is 0.222. The van der Waals surface area contributed by atoms with Gasteiger partial charge in [0.05, 0.1) is 17.8 Å². The molecule has 2 aromatic carbocycles. The first-order valence-corrected chi connectivity index (χ1v) is 7.86. The Hall–Kier alpha value is -2.33. The van der Waals surface area contributed by atoms with E-state index < -0.39 is 0 Å². The monoisotopic (exact) mass is 328 g/mol. The summed E-state index contributed by atoms with van der Waals surface area (Å²) in [5.41, 5.74) is 3.52. The highest BCUT2D eigenvalue weighted by Gasteiger charge is 2.27. The molecule has 0 saturated heterocycles. The minimum atomic E-state index is -0.143. The van der Waals surface area contributed by atoms with Crippen molar-refractivity contribution in [2.24, 2.45) is 0 Å². The number of carbonyl (C=O) groups is 2. The van der Waals surface area contributed by atoms with Crippen molar-refractivity contribution in [3.8, 4) is 0 Å². The molecule has 1 heterocycles. The molecule has 118 valence electrons. The summed E-state index contributed by atoms with van der Waals surface area (Å²) in [6.07, 6.45) is 1.11. The number of nitrogens with zero attached hydrogens (tertiary/aromatic N) is 1. The molecular formula is C18H17ClN2O2. The molecule has 0 saturated carbocycles. The second kappa shape index (κ2) is 6.42. The van der Waals surface area contributed by atoms with Crippen LogP contribution in [0.5, 0.6) is 0 Å². The summed E-state index contributed by atoms with van der Waals surface area (Å²) in [5.74, 6) is -0.126. The predicted octanol–water partition coefficient (Wildman–Crippen LogP) is 3.43. The first kappa shape index (κ1) is 15.6. The Balaban J connectivity index is 1.85. The number of benzene rings is 2. The second-order valence-electron chi connectivity index (χ2n) is 5.59. The molecule has 0 spiro atoms. The molecule has 23 heavy (non-hydrogen) atoms. The molecule has 0 fully saturated rings. The number of hydrogen-bond acceptors (Lipinski definition) is 2. The second-order valence-corrected chi connectivity index (χ2v) is 6.03. The van der Waals surface area contributed by atoms with Gasteiger partial charge in [-0.15, -0.1) is 0 Å². The van der Waals surface area contributed by atoms with Gasteiger partial charge in [-0.3, -0.25) is 9.59 Å². The number of nitrogens with one attached hydrogen (secondary N) is 1. The number of halogens is 1. The molecule has 3 rings (SSSR count). The summed E-state index contributed by atoms with van der Waals surface area (Å²) in [4.78, 5) is 25.8. The third kappa shape index (κ3) is 3.37. The van der Waals surface area contributed by atoms with Gasteiger partial charge in [0.2, 0.25) is 11.8 Å². The van der Waals surface area contributed by atoms with Crippen LogP contribution in [0.2, 0.25) is 5.02 Å². The summed E-state index contributed by atoms with van der Waals surface area (Å²) in [6, 6.07) is 13.0. The molecule has 0 unspecified atom stereocenters. The highest BCUT2D eigenvalue weighted by atomic mass is 35.5. The van der Waals surface area contributed by atoms with Crippen molar-refractivity contribution in [2.75, 3.05) is 16.8 Å². The minimum absolute atomic E-state index is 0.0175. The van der Waals surface area contributed by atoms with E-state index in [1.54, 1.807) is 17.0 Å². The largest absolute Gasteiger partial charge is 0.325 e. The lowest BCUT2D eigenvalue weighted by Gasteiger charge is -2.20. The van der Waals surface area contributed by atoms with Gasteiger partial charge in [0.25, 0.3) is 0 Å². The molecule has 2 aromatic rings. The maximum Gasteiger partial charge on any atom is 0.231 e. The SMILES string of the molecule is CC(=O)Nc1cccc2c1N(C(=O)Cc1ccc(Cl)cc1)CC2. The van der Waals surface area contributed by atoms with Crippen molar-refractivity contribution in [3.63, 3.8) is 0 Å². The van der Waals surface area contributed by atoms with Crippen molar-refractivity contribution in [3.05, 3.63) is 58.6 Å². The zero-order valence-electron chi connectivity index (χ0n) is 12.8. The first-order valence-electron chi connectivity index (χ1n) is 7.49. The smallest absolute Gasteiger partial charge is 0.231 e. The molecule has 0 aromatic heterocycles. The van der Waals surface area contributed by atoms with E-state index in [0.717, 1.165) is 23.2 Å². The normalized spacial score (nSPS) is 12.9. The van der Waals surface area contributed by atoms with E-state index in [0.29, 0.717) is 23.7 Å². The molecular weight excluding hydrogens is 312 g/mol. The number of fused-ring (bicyclic) bond motifs is 1. The number of anilines is 2. The average molecular weight is 329 g/mol. The summed E-state index contributed by atoms with van der Waals surface area (Å²) in [5, 5.41) is 3.46. The first-order chi connectivity index (χ1) is 11.0. The number of para-hydroxylation sites is 1. The number of amides is 2. The molecule has 0 aliphatic carbocycles. The minimum Gasteiger partial charge on any atom is -0.325 e. The Bertz CT molecular complexity index is 756. The fourth-order valence-corrected chi connectivity index (χ4v) is 2.99. The van der Waals surface area contributed by atoms with Crippen LogP contribution in [-0.4, -0.2) is 18.4 Å². The maximum absolute atomic E-state index is 12.7. The van der Waals surface area contributed by atoms with Crippen LogP contribution < -0.4 is 10.2 Å². The van der Waals surface area contributed by atoms with Crippen molar-refractivity contribution < 1.29 is 9.59 Å². The van der Waals surface area contributed by atoms with E-state index in [1.165, 1.54) is 6.92 Å².